The minimum Gasteiger partial charge on any atom is -0.478 e. The molecule has 4 aliphatic rings. The summed E-state index contributed by atoms with van der Waals surface area (Å²) in [7, 11) is 0. The van der Waals surface area contributed by atoms with Crippen molar-refractivity contribution in [2.45, 2.75) is 97.4 Å². The van der Waals surface area contributed by atoms with Gasteiger partial charge in [0, 0.05) is 22.7 Å². The first kappa shape index (κ1) is 27.7. The van der Waals surface area contributed by atoms with Gasteiger partial charge in [-0.3, -0.25) is 4.79 Å². The molecule has 4 aliphatic carbocycles. The summed E-state index contributed by atoms with van der Waals surface area (Å²) in [5.41, 5.74) is -7.88. The van der Waals surface area contributed by atoms with E-state index in [1.54, 1.807) is 20.8 Å². The van der Waals surface area contributed by atoms with Crippen molar-refractivity contribution in [1.29, 1.82) is 0 Å². The average molecular weight is 525 g/mol. The lowest BCUT2D eigenvalue weighted by Gasteiger charge is -2.62. The van der Waals surface area contributed by atoms with Crippen LogP contribution in [0.15, 0.2) is 23.8 Å². The van der Waals surface area contributed by atoms with E-state index in [0.29, 0.717) is 0 Å². The number of aliphatic carboxylic acids is 1. The first-order chi connectivity index (χ1) is 16.9. The third kappa shape index (κ3) is 3.55. The maximum Gasteiger partial charge on any atom is 0.509 e. The van der Waals surface area contributed by atoms with E-state index in [1.165, 1.54) is 19.1 Å². The number of fused-ring (bicyclic) bond motifs is 5. The molecule has 7 nitrogen and oxygen atoms in total. The highest BCUT2D eigenvalue weighted by Crippen LogP contribution is 2.71. The second-order valence-electron chi connectivity index (χ2n) is 13.0. The van der Waals surface area contributed by atoms with Crippen LogP contribution in [-0.4, -0.2) is 57.8 Å². The van der Waals surface area contributed by atoms with Gasteiger partial charge in [0.2, 0.25) is 5.60 Å². The van der Waals surface area contributed by atoms with Crippen molar-refractivity contribution >= 4 is 17.9 Å². The van der Waals surface area contributed by atoms with Gasteiger partial charge in [-0.2, -0.15) is 0 Å². The van der Waals surface area contributed by atoms with Gasteiger partial charge >= 0.3 is 12.1 Å². The van der Waals surface area contributed by atoms with E-state index in [9.17, 15) is 24.6 Å². The van der Waals surface area contributed by atoms with Crippen LogP contribution in [0.5, 0.6) is 0 Å². The van der Waals surface area contributed by atoms with E-state index in [1.807, 2.05) is 20.8 Å². The Balaban J connectivity index is 1.77. The molecule has 0 heterocycles. The minimum absolute atomic E-state index is 0.00654. The summed E-state index contributed by atoms with van der Waals surface area (Å²) >= 11 is 0. The average Bonchev–Trinajstić information content (AvgIpc) is 2.98. The molecular weight excluding hydrogens is 486 g/mol. The molecule has 37 heavy (non-hydrogen) atoms. The van der Waals surface area contributed by atoms with Crippen LogP contribution in [0.2, 0.25) is 0 Å². The van der Waals surface area contributed by atoms with Crippen molar-refractivity contribution in [2.75, 3.05) is 0 Å². The van der Waals surface area contributed by atoms with Crippen molar-refractivity contribution in [3.8, 4) is 0 Å². The maximum atomic E-state index is 17.3. The molecule has 1 unspecified atom stereocenters. The van der Waals surface area contributed by atoms with Gasteiger partial charge in [-0.05, 0) is 62.2 Å². The summed E-state index contributed by atoms with van der Waals surface area (Å²) in [5.74, 6) is -4.41. The molecule has 0 amide bonds. The molecule has 0 aromatic carbocycles. The number of carboxylic acid groups (broad SMARTS) is 1. The number of aliphatic hydroxyl groups is 1. The van der Waals surface area contributed by atoms with Gasteiger partial charge in [0.05, 0.1) is 6.10 Å². The molecule has 3 saturated carbocycles. The van der Waals surface area contributed by atoms with Gasteiger partial charge in [-0.15, -0.1) is 0 Å². The number of hydrogen-bond donors (Lipinski definition) is 2. The molecule has 0 aromatic rings. The Bertz CT molecular complexity index is 1080. The van der Waals surface area contributed by atoms with Crippen molar-refractivity contribution < 1.29 is 42.9 Å². The van der Waals surface area contributed by atoms with Crippen LogP contribution in [-0.2, 0) is 19.1 Å². The highest BCUT2D eigenvalue weighted by Gasteiger charge is 2.78. The van der Waals surface area contributed by atoms with Crippen LogP contribution in [0.1, 0.15) is 67.7 Å². The molecule has 0 aliphatic heterocycles. The van der Waals surface area contributed by atoms with Crippen molar-refractivity contribution in [2.24, 2.45) is 34.0 Å². The third-order valence-electron chi connectivity index (χ3n) is 10.2. The van der Waals surface area contributed by atoms with E-state index in [2.05, 4.69) is 0 Å². The number of allylic oxidation sites excluding steroid dienone is 4. The molecule has 0 bridgehead atoms. The monoisotopic (exact) mass is 524 g/mol. The Morgan fingerprint density at radius 3 is 2.38 bits per heavy atom. The molecule has 0 radical (unpaired) electrons. The van der Waals surface area contributed by atoms with Crippen molar-refractivity contribution in [1.82, 2.24) is 0 Å². The topological polar surface area (TPSA) is 110 Å². The van der Waals surface area contributed by atoms with E-state index < -0.39 is 81.6 Å². The van der Waals surface area contributed by atoms with Crippen LogP contribution >= 0.6 is 0 Å². The second-order valence-corrected chi connectivity index (χ2v) is 13.0. The minimum atomic E-state index is -2.35. The Morgan fingerprint density at radius 1 is 1.19 bits per heavy atom. The molecule has 10 atom stereocenters. The van der Waals surface area contributed by atoms with Crippen molar-refractivity contribution in [3.05, 3.63) is 23.8 Å². The van der Waals surface area contributed by atoms with Crippen LogP contribution in [0.4, 0.5) is 13.6 Å². The Labute approximate surface area is 216 Å². The van der Waals surface area contributed by atoms with Crippen LogP contribution in [0.3, 0.4) is 0 Å². The predicted octanol–water partition coefficient (Wildman–Crippen LogP) is 4.96. The smallest absolute Gasteiger partial charge is 0.478 e. The number of carboxylic acids is 1. The number of carbonyl (C=O) groups is 3. The summed E-state index contributed by atoms with van der Waals surface area (Å²) in [6.45, 7) is 11.9. The van der Waals surface area contributed by atoms with Crippen molar-refractivity contribution in [3.63, 3.8) is 0 Å². The van der Waals surface area contributed by atoms with Gasteiger partial charge in [0.25, 0.3) is 0 Å². The summed E-state index contributed by atoms with van der Waals surface area (Å²) in [5, 5.41) is 21.9. The summed E-state index contributed by atoms with van der Waals surface area (Å²) in [6, 6.07) is 0. The Hall–Kier alpha value is -2.29. The number of ether oxygens (including phenoxy) is 2. The normalized spacial score (nSPS) is 45.7. The zero-order chi connectivity index (χ0) is 27.9. The fourth-order valence-electron chi connectivity index (χ4n) is 7.72. The predicted molar refractivity (Wildman–Crippen MR) is 130 cm³/mol. The molecule has 4 rings (SSSR count). The lowest BCUT2D eigenvalue weighted by atomic mass is 9.44. The second kappa shape index (κ2) is 8.35. The standard InChI is InChI=1S/C28H38F2O7/c1-14-10-17-18-12-20(29)19-11-16(31)8-9-25(19,6)27(18,30)21(32)13-26(17,7)28(14,22(33)34)37-23(35)36-15(2)24(3,4)5/h8-9,11,14-15,17-18,20-21,32H,10,12-13H2,1-7H3,(H,33,34)/t14-,15?,17+,18+,20+,21+,25+,26+,27+,28+/m1/s1. The molecule has 3 fully saturated rings. The SMILES string of the molecule is CC(OC(=O)O[C@]1(C(=O)O)[C@H](C)C[C@H]2[C@@H]3C[C@H](F)C4=CC(=O)C=C[C@]4(C)[C@@]3(F)[C@@H](O)C[C@@]21C)C(C)(C)C. The number of alkyl halides is 2. The van der Waals surface area contributed by atoms with Crippen LogP contribution in [0.25, 0.3) is 0 Å². The Morgan fingerprint density at radius 2 is 1.81 bits per heavy atom. The molecule has 0 spiro atoms. The van der Waals surface area contributed by atoms with E-state index in [4.69, 9.17) is 9.47 Å². The van der Waals surface area contributed by atoms with Gasteiger partial charge in [0.15, 0.2) is 11.5 Å². The first-order valence-electron chi connectivity index (χ1n) is 13.0. The first-order valence-corrected chi connectivity index (χ1v) is 13.0. The largest absolute Gasteiger partial charge is 0.509 e. The van der Waals surface area contributed by atoms with Gasteiger partial charge in [-0.1, -0.05) is 40.7 Å². The van der Waals surface area contributed by atoms with Crippen LogP contribution in [0, 0.1) is 34.0 Å². The quantitative estimate of drug-likeness (QED) is 0.502. The lowest BCUT2D eigenvalue weighted by Crippen LogP contribution is -2.71. The summed E-state index contributed by atoms with van der Waals surface area (Å²) < 4.78 is 44.0. The Kier molecular flexibility index (Phi) is 6.26. The highest BCUT2D eigenvalue weighted by molar-refractivity contribution is 6.01. The van der Waals surface area contributed by atoms with E-state index in [-0.39, 0.29) is 24.8 Å². The lowest BCUT2D eigenvalue weighted by molar-refractivity contribution is -0.232. The number of aliphatic hydroxyl groups excluding tert-OH is 1. The fourth-order valence-corrected chi connectivity index (χ4v) is 7.72. The molecule has 2 N–H and O–H groups in total. The summed E-state index contributed by atoms with van der Waals surface area (Å²) in [6.07, 6.45) is -1.94. The number of ketones is 1. The zero-order valence-corrected chi connectivity index (χ0v) is 22.5. The number of halogens is 2. The highest BCUT2D eigenvalue weighted by atomic mass is 19.1. The summed E-state index contributed by atoms with van der Waals surface area (Å²) in [4.78, 5) is 37.8. The number of carbonyl (C=O) groups excluding carboxylic acids is 2. The number of hydrogen-bond acceptors (Lipinski definition) is 6. The molecule has 0 saturated heterocycles. The molecule has 9 heteroatoms. The maximum absolute atomic E-state index is 17.3. The van der Waals surface area contributed by atoms with Gasteiger partial charge in [0.1, 0.15) is 12.3 Å². The number of rotatable bonds is 3. The zero-order valence-electron chi connectivity index (χ0n) is 22.5. The fraction of sp³-hybridized carbons (Fsp3) is 0.750. The molecule has 206 valence electrons. The van der Waals surface area contributed by atoms with E-state index >= 15 is 8.78 Å². The van der Waals surface area contributed by atoms with E-state index in [0.717, 1.165) is 6.08 Å². The van der Waals surface area contributed by atoms with Gasteiger partial charge in [-0.25, -0.2) is 18.4 Å². The third-order valence-corrected chi connectivity index (χ3v) is 10.2. The molecule has 0 aromatic heterocycles. The van der Waals surface area contributed by atoms with Crippen LogP contribution < -0.4 is 0 Å². The van der Waals surface area contributed by atoms with Gasteiger partial charge < -0.3 is 19.7 Å². The molecular formula is C28H38F2O7.